The minimum absolute atomic E-state index is 0.0287. The van der Waals surface area contributed by atoms with Crippen LogP contribution in [0.5, 0.6) is 5.75 Å². The van der Waals surface area contributed by atoms with Crippen LogP contribution in [-0.2, 0) is 6.54 Å². The number of furan rings is 1. The maximum absolute atomic E-state index is 13.1. The maximum Gasteiger partial charge on any atom is 0.387 e. The van der Waals surface area contributed by atoms with Crippen LogP contribution in [0.4, 0.5) is 8.78 Å². The van der Waals surface area contributed by atoms with Crippen molar-refractivity contribution in [1.82, 2.24) is 5.32 Å². The lowest BCUT2D eigenvalue weighted by Crippen LogP contribution is -2.42. The SMILES string of the molecule is [O-]/C(=C(\C(=S)NCc1ccco1)[n+]1ccccc1)c1ccc(OC(F)F)cc1. The van der Waals surface area contributed by atoms with Crippen LogP contribution >= 0.6 is 12.2 Å². The molecule has 3 aromatic rings. The topological polar surface area (TPSA) is 61.3 Å². The molecule has 0 spiro atoms. The van der Waals surface area contributed by atoms with Crippen LogP contribution in [0.25, 0.3) is 11.5 Å². The number of hydrogen-bond donors (Lipinski definition) is 1. The molecular weight excluding hydrogens is 386 g/mol. The van der Waals surface area contributed by atoms with Crippen molar-refractivity contribution < 1.29 is 27.6 Å². The Morgan fingerprint density at radius 3 is 2.43 bits per heavy atom. The van der Waals surface area contributed by atoms with Crippen molar-refractivity contribution in [3.8, 4) is 5.75 Å². The van der Waals surface area contributed by atoms with Crippen molar-refractivity contribution >= 4 is 28.7 Å². The van der Waals surface area contributed by atoms with E-state index in [1.54, 1.807) is 47.5 Å². The normalized spacial score (nSPS) is 11.8. The van der Waals surface area contributed by atoms with Gasteiger partial charge in [0, 0.05) is 12.1 Å². The number of thiocarbonyl (C=S) groups is 1. The highest BCUT2D eigenvalue weighted by Crippen LogP contribution is 2.20. The second-order valence-electron chi connectivity index (χ2n) is 5.63. The Morgan fingerprint density at radius 2 is 1.82 bits per heavy atom. The number of rotatable bonds is 7. The Balaban J connectivity index is 1.91. The van der Waals surface area contributed by atoms with Crippen LogP contribution in [0.2, 0.25) is 0 Å². The van der Waals surface area contributed by atoms with Crippen LogP contribution in [0.3, 0.4) is 0 Å². The molecule has 8 heteroatoms. The minimum atomic E-state index is -2.93. The Kier molecular flexibility index (Phi) is 6.33. The highest BCUT2D eigenvalue weighted by atomic mass is 32.1. The maximum atomic E-state index is 13.1. The standard InChI is InChI=1S/C20H16F2N2O3S/c21-20(22)27-15-8-6-14(7-9-15)18(25)17(24-10-2-1-3-11-24)19(28)23-13-16-5-4-12-26-16/h1-12,20H,13H2,(H-,23,25,28). The van der Waals surface area contributed by atoms with Gasteiger partial charge in [-0.05, 0) is 35.6 Å². The average molecular weight is 402 g/mol. The highest BCUT2D eigenvalue weighted by molar-refractivity contribution is 7.81. The van der Waals surface area contributed by atoms with Gasteiger partial charge in [-0.1, -0.05) is 30.4 Å². The Morgan fingerprint density at radius 1 is 1.11 bits per heavy atom. The lowest BCUT2D eigenvalue weighted by Gasteiger charge is -2.17. The molecule has 1 aromatic carbocycles. The van der Waals surface area contributed by atoms with E-state index in [-0.39, 0.29) is 27.8 Å². The Labute approximate surface area is 165 Å². The first-order valence-electron chi connectivity index (χ1n) is 8.28. The number of nitrogens with zero attached hydrogens (tertiary/aromatic N) is 1. The minimum Gasteiger partial charge on any atom is -0.867 e. The predicted octanol–water partition coefficient (Wildman–Crippen LogP) is 2.97. The van der Waals surface area contributed by atoms with Gasteiger partial charge in [-0.3, -0.25) is 0 Å². The molecule has 0 aliphatic carbocycles. The van der Waals surface area contributed by atoms with Gasteiger partial charge in [0.25, 0.3) is 0 Å². The number of halogens is 2. The fourth-order valence-electron chi connectivity index (χ4n) is 2.47. The molecule has 144 valence electrons. The third-order valence-corrected chi connectivity index (χ3v) is 4.09. The van der Waals surface area contributed by atoms with Crippen LogP contribution in [-0.4, -0.2) is 11.6 Å². The molecule has 0 saturated carbocycles. The van der Waals surface area contributed by atoms with Gasteiger partial charge in [-0.25, -0.2) is 0 Å². The largest absolute Gasteiger partial charge is 0.867 e. The molecule has 0 unspecified atom stereocenters. The van der Waals surface area contributed by atoms with E-state index in [1.165, 1.54) is 24.3 Å². The van der Waals surface area contributed by atoms with Crippen LogP contribution < -0.4 is 19.7 Å². The van der Waals surface area contributed by atoms with E-state index in [0.717, 1.165) is 0 Å². The molecule has 2 aromatic heterocycles. The van der Waals surface area contributed by atoms with Gasteiger partial charge in [-0.2, -0.15) is 13.3 Å². The molecular formula is C20H16F2N2O3S. The summed E-state index contributed by atoms with van der Waals surface area (Å²) in [7, 11) is 0. The van der Waals surface area contributed by atoms with E-state index in [4.69, 9.17) is 16.6 Å². The number of benzene rings is 1. The average Bonchev–Trinajstić information content (AvgIpc) is 3.21. The molecule has 0 saturated heterocycles. The molecule has 5 nitrogen and oxygen atoms in total. The van der Waals surface area contributed by atoms with E-state index in [2.05, 4.69) is 10.1 Å². The van der Waals surface area contributed by atoms with Crippen molar-refractivity contribution in [3.63, 3.8) is 0 Å². The molecule has 0 aliphatic heterocycles. The van der Waals surface area contributed by atoms with Crippen molar-refractivity contribution in [2.45, 2.75) is 13.2 Å². The summed E-state index contributed by atoms with van der Waals surface area (Å²) in [5, 5.41) is 16.1. The third kappa shape index (κ3) is 4.92. The smallest absolute Gasteiger partial charge is 0.387 e. The second kappa shape index (κ2) is 9.09. The number of aromatic nitrogens is 1. The van der Waals surface area contributed by atoms with Crippen LogP contribution in [0.15, 0.2) is 77.7 Å². The van der Waals surface area contributed by atoms with Gasteiger partial charge in [0.1, 0.15) is 11.5 Å². The molecule has 3 rings (SSSR count). The first kappa shape index (κ1) is 19.5. The fourth-order valence-corrected chi connectivity index (χ4v) is 2.74. The van der Waals surface area contributed by atoms with E-state index >= 15 is 0 Å². The molecule has 2 heterocycles. The monoisotopic (exact) mass is 402 g/mol. The second-order valence-corrected chi connectivity index (χ2v) is 6.03. The summed E-state index contributed by atoms with van der Waals surface area (Å²) < 4.78 is 35.8. The summed E-state index contributed by atoms with van der Waals surface area (Å²) in [6, 6.07) is 14.3. The van der Waals surface area contributed by atoms with Crippen molar-refractivity contribution in [3.05, 3.63) is 84.6 Å². The van der Waals surface area contributed by atoms with Gasteiger partial charge in [0.05, 0.1) is 12.8 Å². The third-order valence-electron chi connectivity index (χ3n) is 3.75. The molecule has 1 N–H and O–H groups in total. The van der Waals surface area contributed by atoms with Gasteiger partial charge in [0.15, 0.2) is 17.4 Å². The summed E-state index contributed by atoms with van der Waals surface area (Å²) >= 11 is 5.43. The molecule has 28 heavy (non-hydrogen) atoms. The fraction of sp³-hybridized carbons (Fsp3) is 0.100. The molecule has 0 bridgehead atoms. The first-order chi connectivity index (χ1) is 13.5. The predicted molar refractivity (Wildman–Crippen MR) is 101 cm³/mol. The zero-order valence-electron chi connectivity index (χ0n) is 14.5. The zero-order chi connectivity index (χ0) is 19.9. The summed E-state index contributed by atoms with van der Waals surface area (Å²) in [4.78, 5) is 0.227. The molecule has 0 amide bonds. The number of alkyl halides is 2. The van der Waals surface area contributed by atoms with Crippen LogP contribution in [0, 0.1) is 0 Å². The van der Waals surface area contributed by atoms with E-state index < -0.39 is 6.61 Å². The van der Waals surface area contributed by atoms with Crippen molar-refractivity contribution in [1.29, 1.82) is 0 Å². The zero-order valence-corrected chi connectivity index (χ0v) is 15.4. The highest BCUT2D eigenvalue weighted by Gasteiger charge is 2.18. The van der Waals surface area contributed by atoms with Crippen LogP contribution in [0.1, 0.15) is 11.3 Å². The summed E-state index contributed by atoms with van der Waals surface area (Å²) in [5.74, 6) is 0.274. The number of hydrogen-bond acceptors (Lipinski definition) is 4. The number of ether oxygens (including phenoxy) is 1. The molecule has 0 radical (unpaired) electrons. The summed E-state index contributed by atoms with van der Waals surface area (Å²) in [5.41, 5.74) is 0.514. The van der Waals surface area contributed by atoms with Crippen molar-refractivity contribution in [2.75, 3.05) is 0 Å². The van der Waals surface area contributed by atoms with E-state index in [9.17, 15) is 13.9 Å². The Bertz CT molecular complexity index is 943. The number of nitrogens with one attached hydrogen (secondary N) is 1. The first-order valence-corrected chi connectivity index (χ1v) is 8.69. The summed E-state index contributed by atoms with van der Waals surface area (Å²) in [6.45, 7) is -2.61. The molecule has 0 aliphatic rings. The summed E-state index contributed by atoms with van der Waals surface area (Å²) in [6.07, 6.45) is 4.94. The van der Waals surface area contributed by atoms with Gasteiger partial charge in [-0.15, -0.1) is 0 Å². The Hall–Kier alpha value is -3.26. The van der Waals surface area contributed by atoms with E-state index in [0.29, 0.717) is 12.3 Å². The lowest BCUT2D eigenvalue weighted by atomic mass is 10.1. The van der Waals surface area contributed by atoms with Gasteiger partial charge in [0.2, 0.25) is 5.70 Å². The quantitative estimate of drug-likeness (QED) is 0.285. The van der Waals surface area contributed by atoms with Crippen molar-refractivity contribution in [2.24, 2.45) is 0 Å². The van der Waals surface area contributed by atoms with Gasteiger partial charge >= 0.3 is 6.61 Å². The molecule has 0 atom stereocenters. The number of pyridine rings is 1. The lowest BCUT2D eigenvalue weighted by molar-refractivity contribution is -0.578. The molecule has 0 fully saturated rings. The van der Waals surface area contributed by atoms with E-state index in [1.807, 2.05) is 6.07 Å². The van der Waals surface area contributed by atoms with Gasteiger partial charge < -0.3 is 19.6 Å².